The van der Waals surface area contributed by atoms with Crippen molar-refractivity contribution in [2.75, 3.05) is 13.7 Å². The van der Waals surface area contributed by atoms with E-state index in [-0.39, 0.29) is 0 Å². The summed E-state index contributed by atoms with van der Waals surface area (Å²) in [4.78, 5) is 3.38. The molecule has 1 aromatic carbocycles. The van der Waals surface area contributed by atoms with Crippen molar-refractivity contribution in [1.29, 1.82) is 0 Å². The Bertz CT molecular complexity index is 569. The van der Waals surface area contributed by atoms with Gasteiger partial charge in [-0.2, -0.15) is 0 Å². The van der Waals surface area contributed by atoms with Crippen LogP contribution in [0.1, 0.15) is 43.6 Å². The van der Waals surface area contributed by atoms with Crippen LogP contribution >= 0.6 is 0 Å². The number of methoxy groups -OCH3 is 1. The van der Waals surface area contributed by atoms with Crippen LogP contribution in [0, 0.1) is 5.92 Å². The maximum absolute atomic E-state index is 6.11. The fraction of sp³-hybridized carbons (Fsp3) is 0.529. The van der Waals surface area contributed by atoms with Crippen LogP contribution < -0.4 is 10.5 Å². The first-order valence-corrected chi connectivity index (χ1v) is 7.69. The highest BCUT2D eigenvalue weighted by atomic mass is 16.5. The van der Waals surface area contributed by atoms with Gasteiger partial charge in [0.2, 0.25) is 0 Å². The summed E-state index contributed by atoms with van der Waals surface area (Å²) in [5, 5.41) is 1.27. The number of para-hydroxylation sites is 1. The number of nitrogens with two attached hydrogens (primary N) is 1. The highest BCUT2D eigenvalue weighted by molar-refractivity contribution is 5.88. The van der Waals surface area contributed by atoms with Crippen LogP contribution in [-0.4, -0.2) is 18.6 Å². The van der Waals surface area contributed by atoms with E-state index in [1.165, 1.54) is 43.1 Å². The monoisotopic (exact) mass is 272 g/mol. The molecule has 1 heterocycles. The van der Waals surface area contributed by atoms with E-state index in [1.807, 2.05) is 6.07 Å². The maximum atomic E-state index is 6.11. The number of hydrogen-bond acceptors (Lipinski definition) is 2. The third-order valence-corrected chi connectivity index (χ3v) is 4.80. The van der Waals surface area contributed by atoms with Gasteiger partial charge in [0, 0.05) is 17.5 Å². The molecule has 1 aliphatic carbocycles. The number of H-pyrrole nitrogens is 1. The molecule has 108 valence electrons. The Balaban J connectivity index is 1.99. The number of aromatic nitrogens is 1. The normalized spacial score (nSPS) is 18.3. The summed E-state index contributed by atoms with van der Waals surface area (Å²) < 4.78 is 5.44. The van der Waals surface area contributed by atoms with Gasteiger partial charge < -0.3 is 15.5 Å². The molecule has 0 spiro atoms. The lowest BCUT2D eigenvalue weighted by molar-refractivity contribution is 0.308. The van der Waals surface area contributed by atoms with E-state index in [2.05, 4.69) is 23.3 Å². The van der Waals surface area contributed by atoms with Crippen LogP contribution in [0.15, 0.2) is 24.4 Å². The summed E-state index contributed by atoms with van der Waals surface area (Å²) in [6, 6.07) is 6.24. The van der Waals surface area contributed by atoms with Crippen LogP contribution in [0.2, 0.25) is 0 Å². The number of ether oxygens (including phenoxy) is 1. The summed E-state index contributed by atoms with van der Waals surface area (Å²) >= 11 is 0. The minimum atomic E-state index is 0.469. The fourth-order valence-electron chi connectivity index (χ4n) is 3.74. The second-order valence-electron chi connectivity index (χ2n) is 5.87. The highest BCUT2D eigenvalue weighted by Crippen LogP contribution is 2.39. The SMILES string of the molecule is COc1cccc2c(C(CN)C3CCCCC3)c[nH]c12. The standard InChI is InChI=1S/C17H24N2O/c1-20-16-9-5-8-13-15(11-19-17(13)16)14(10-18)12-6-3-2-4-7-12/h5,8-9,11-12,14,19H,2-4,6-7,10,18H2,1H3. The minimum Gasteiger partial charge on any atom is -0.495 e. The molecule has 3 N–H and O–H groups in total. The zero-order valence-corrected chi connectivity index (χ0v) is 12.2. The first-order chi connectivity index (χ1) is 9.85. The van der Waals surface area contributed by atoms with Crippen LogP contribution in [0.3, 0.4) is 0 Å². The predicted octanol–water partition coefficient (Wildman–Crippen LogP) is 3.80. The van der Waals surface area contributed by atoms with E-state index in [1.54, 1.807) is 7.11 Å². The Morgan fingerprint density at radius 3 is 2.80 bits per heavy atom. The van der Waals surface area contributed by atoms with Crippen molar-refractivity contribution in [3.8, 4) is 5.75 Å². The molecule has 1 aliphatic rings. The molecular weight excluding hydrogens is 248 g/mol. The van der Waals surface area contributed by atoms with Crippen molar-refractivity contribution >= 4 is 10.9 Å². The number of nitrogens with one attached hydrogen (secondary N) is 1. The average Bonchev–Trinajstić information content (AvgIpc) is 2.93. The van der Waals surface area contributed by atoms with Gasteiger partial charge in [0.25, 0.3) is 0 Å². The summed E-state index contributed by atoms with van der Waals surface area (Å²) in [5.74, 6) is 2.11. The van der Waals surface area contributed by atoms with E-state index in [0.717, 1.165) is 23.7 Å². The number of benzene rings is 1. The lowest BCUT2D eigenvalue weighted by Gasteiger charge is -2.29. The van der Waals surface area contributed by atoms with Gasteiger partial charge >= 0.3 is 0 Å². The molecule has 3 rings (SSSR count). The molecule has 1 fully saturated rings. The average molecular weight is 272 g/mol. The van der Waals surface area contributed by atoms with Crippen molar-refractivity contribution in [2.45, 2.75) is 38.0 Å². The van der Waals surface area contributed by atoms with Gasteiger partial charge in [0.05, 0.1) is 12.6 Å². The second kappa shape index (κ2) is 5.88. The van der Waals surface area contributed by atoms with E-state index >= 15 is 0 Å². The molecule has 0 aliphatic heterocycles. The zero-order chi connectivity index (χ0) is 13.9. The van der Waals surface area contributed by atoms with Gasteiger partial charge in [-0.05, 0) is 36.9 Å². The molecule has 0 saturated heterocycles. The van der Waals surface area contributed by atoms with Crippen LogP contribution in [0.4, 0.5) is 0 Å². The summed E-state index contributed by atoms with van der Waals surface area (Å²) in [6.07, 6.45) is 8.87. The predicted molar refractivity (Wildman–Crippen MR) is 83.2 cm³/mol. The third-order valence-electron chi connectivity index (χ3n) is 4.80. The third kappa shape index (κ3) is 2.31. The Morgan fingerprint density at radius 2 is 2.10 bits per heavy atom. The molecule has 20 heavy (non-hydrogen) atoms. The highest BCUT2D eigenvalue weighted by Gasteiger charge is 2.26. The number of fused-ring (bicyclic) bond motifs is 1. The van der Waals surface area contributed by atoms with Crippen molar-refractivity contribution in [3.05, 3.63) is 30.0 Å². The zero-order valence-electron chi connectivity index (χ0n) is 12.2. The lowest BCUT2D eigenvalue weighted by atomic mass is 9.77. The minimum absolute atomic E-state index is 0.469. The Kier molecular flexibility index (Phi) is 3.97. The Hall–Kier alpha value is -1.48. The maximum Gasteiger partial charge on any atom is 0.142 e. The molecule has 0 amide bonds. The van der Waals surface area contributed by atoms with Gasteiger partial charge in [-0.3, -0.25) is 0 Å². The molecule has 1 unspecified atom stereocenters. The van der Waals surface area contributed by atoms with Crippen LogP contribution in [-0.2, 0) is 0 Å². The van der Waals surface area contributed by atoms with E-state index < -0.39 is 0 Å². The number of aromatic amines is 1. The van der Waals surface area contributed by atoms with E-state index in [4.69, 9.17) is 10.5 Å². The molecule has 3 heteroatoms. The molecule has 1 atom stereocenters. The largest absolute Gasteiger partial charge is 0.495 e. The van der Waals surface area contributed by atoms with Gasteiger partial charge in [-0.25, -0.2) is 0 Å². The molecule has 0 radical (unpaired) electrons. The molecular formula is C17H24N2O. The first kappa shape index (κ1) is 13.5. The van der Waals surface area contributed by atoms with Crippen molar-refractivity contribution in [3.63, 3.8) is 0 Å². The van der Waals surface area contributed by atoms with Crippen molar-refractivity contribution in [2.24, 2.45) is 11.7 Å². The molecule has 1 aromatic heterocycles. The summed E-state index contributed by atoms with van der Waals surface area (Å²) in [5.41, 5.74) is 8.58. The summed E-state index contributed by atoms with van der Waals surface area (Å²) in [6.45, 7) is 0.731. The van der Waals surface area contributed by atoms with Gasteiger partial charge in [-0.15, -0.1) is 0 Å². The first-order valence-electron chi connectivity index (χ1n) is 7.69. The van der Waals surface area contributed by atoms with Crippen molar-refractivity contribution < 1.29 is 4.74 Å². The molecule has 3 nitrogen and oxygen atoms in total. The quantitative estimate of drug-likeness (QED) is 0.889. The van der Waals surface area contributed by atoms with E-state index in [9.17, 15) is 0 Å². The van der Waals surface area contributed by atoms with Crippen LogP contribution in [0.5, 0.6) is 5.75 Å². The van der Waals surface area contributed by atoms with E-state index in [0.29, 0.717) is 5.92 Å². The molecule has 0 bridgehead atoms. The molecule has 1 saturated carbocycles. The second-order valence-corrected chi connectivity index (χ2v) is 5.87. The smallest absolute Gasteiger partial charge is 0.142 e. The molecule has 2 aromatic rings. The topological polar surface area (TPSA) is 51.0 Å². The van der Waals surface area contributed by atoms with Gasteiger partial charge in [0.1, 0.15) is 5.75 Å². The van der Waals surface area contributed by atoms with Crippen LogP contribution in [0.25, 0.3) is 10.9 Å². The van der Waals surface area contributed by atoms with Gasteiger partial charge in [-0.1, -0.05) is 31.4 Å². The van der Waals surface area contributed by atoms with Crippen molar-refractivity contribution in [1.82, 2.24) is 4.98 Å². The fourth-order valence-corrected chi connectivity index (χ4v) is 3.74. The lowest BCUT2D eigenvalue weighted by Crippen LogP contribution is -2.23. The number of rotatable bonds is 4. The number of hydrogen-bond donors (Lipinski definition) is 2. The van der Waals surface area contributed by atoms with Gasteiger partial charge in [0.15, 0.2) is 0 Å². The Morgan fingerprint density at radius 1 is 1.30 bits per heavy atom. The Labute approximate surface area is 120 Å². The summed E-state index contributed by atoms with van der Waals surface area (Å²) in [7, 11) is 1.72.